The van der Waals surface area contributed by atoms with Crippen LogP contribution in [0.25, 0.3) is 0 Å². The van der Waals surface area contributed by atoms with E-state index in [0.29, 0.717) is 24.9 Å². The van der Waals surface area contributed by atoms with Crippen molar-refractivity contribution in [1.29, 1.82) is 0 Å². The summed E-state index contributed by atoms with van der Waals surface area (Å²) in [7, 11) is 0. The van der Waals surface area contributed by atoms with Crippen LogP contribution in [-0.2, 0) is 16.1 Å². The first-order valence-corrected chi connectivity index (χ1v) is 8.64. The number of carbonyl (C=O) groups excluding carboxylic acids is 1. The highest BCUT2D eigenvalue weighted by molar-refractivity contribution is 5.74. The summed E-state index contributed by atoms with van der Waals surface area (Å²) >= 11 is 0. The number of hydrogen-bond donors (Lipinski definition) is 4. The van der Waals surface area contributed by atoms with E-state index in [9.17, 15) is 9.59 Å². The maximum atomic E-state index is 12.7. The summed E-state index contributed by atoms with van der Waals surface area (Å²) in [5.74, 6) is -0.0403. The lowest BCUT2D eigenvalue weighted by Crippen LogP contribution is -2.39. The largest absolute Gasteiger partial charge is 0.392 e. The van der Waals surface area contributed by atoms with Crippen LogP contribution >= 0.6 is 0 Å². The molecule has 28 heavy (non-hydrogen) atoms. The summed E-state index contributed by atoms with van der Waals surface area (Å²) in [6.07, 6.45) is 3.62. The Labute approximate surface area is 161 Å². The third kappa shape index (κ3) is 6.06. The van der Waals surface area contributed by atoms with Crippen molar-refractivity contribution in [3.8, 4) is 0 Å². The van der Waals surface area contributed by atoms with Crippen molar-refractivity contribution in [2.75, 3.05) is 25.0 Å². The predicted molar refractivity (Wildman–Crippen MR) is 105 cm³/mol. The fraction of sp³-hybridized carbons (Fsp3) is 0.353. The Morgan fingerprint density at radius 2 is 2.18 bits per heavy atom. The zero-order chi connectivity index (χ0) is 20.4. The van der Waals surface area contributed by atoms with E-state index in [-0.39, 0.29) is 24.9 Å². The van der Waals surface area contributed by atoms with Crippen LogP contribution in [0.2, 0.25) is 0 Å². The average Bonchev–Trinajstić information content (AvgIpc) is 2.68. The number of carbonyl (C=O) groups is 1. The molecule has 2 aromatic heterocycles. The van der Waals surface area contributed by atoms with Crippen molar-refractivity contribution in [3.05, 3.63) is 52.3 Å². The molecular weight excluding hydrogens is 364 g/mol. The summed E-state index contributed by atoms with van der Waals surface area (Å²) < 4.78 is 1.32. The molecule has 11 nitrogen and oxygen atoms in total. The number of anilines is 1. The Hall–Kier alpha value is -3.47. The summed E-state index contributed by atoms with van der Waals surface area (Å²) in [5, 5.41) is 9.28. The Bertz CT molecular complexity index is 849. The van der Waals surface area contributed by atoms with Gasteiger partial charge in [-0.05, 0) is 24.2 Å². The minimum atomic E-state index is -0.880. The monoisotopic (exact) mass is 388 g/mol. The van der Waals surface area contributed by atoms with Crippen molar-refractivity contribution in [2.45, 2.75) is 19.5 Å². The van der Waals surface area contributed by atoms with Crippen LogP contribution in [-0.4, -0.2) is 46.5 Å². The number of guanidine groups is 1. The number of aromatic nitrogens is 3. The summed E-state index contributed by atoms with van der Waals surface area (Å²) in [6.45, 7) is 2.54. The Balaban J connectivity index is 2.02. The Morgan fingerprint density at radius 1 is 1.36 bits per heavy atom. The van der Waals surface area contributed by atoms with Gasteiger partial charge in [0.05, 0.1) is 0 Å². The van der Waals surface area contributed by atoms with Crippen LogP contribution in [0.5, 0.6) is 0 Å². The summed E-state index contributed by atoms with van der Waals surface area (Å²) in [4.78, 5) is 37.5. The van der Waals surface area contributed by atoms with E-state index in [2.05, 4.69) is 25.8 Å². The van der Waals surface area contributed by atoms with Crippen molar-refractivity contribution < 1.29 is 9.63 Å². The lowest BCUT2D eigenvalue weighted by molar-refractivity contribution is -0.111. The molecule has 2 heterocycles. The molecule has 2 rings (SSSR count). The highest BCUT2D eigenvalue weighted by Gasteiger charge is 2.16. The third-order valence-electron chi connectivity index (χ3n) is 3.71. The first kappa shape index (κ1) is 20.8. The van der Waals surface area contributed by atoms with Gasteiger partial charge >= 0.3 is 0 Å². The Kier molecular flexibility index (Phi) is 7.91. The van der Waals surface area contributed by atoms with E-state index < -0.39 is 11.7 Å². The van der Waals surface area contributed by atoms with Gasteiger partial charge in [0, 0.05) is 43.3 Å². The number of hydrogen-bond acceptors (Lipinski definition) is 8. The zero-order valence-electron chi connectivity index (χ0n) is 15.5. The van der Waals surface area contributed by atoms with Crippen LogP contribution in [0.4, 0.5) is 5.82 Å². The van der Waals surface area contributed by atoms with Gasteiger partial charge in [-0.3, -0.25) is 24.5 Å². The fourth-order valence-electron chi connectivity index (χ4n) is 2.44. The molecule has 0 fully saturated rings. The molecule has 1 atom stereocenters. The SMILES string of the molecule is Cc1cnc(NCCc2ccccn2)c(=O)n1C(C=O)NCCON=C(N)N. The van der Waals surface area contributed by atoms with Gasteiger partial charge < -0.3 is 21.6 Å². The minimum absolute atomic E-state index is 0.121. The molecule has 0 aliphatic rings. The van der Waals surface area contributed by atoms with Crippen LogP contribution in [0, 0.1) is 6.92 Å². The number of oxime groups is 1. The molecule has 11 heteroatoms. The van der Waals surface area contributed by atoms with Crippen LogP contribution in [0.1, 0.15) is 17.6 Å². The second-order valence-corrected chi connectivity index (χ2v) is 5.81. The highest BCUT2D eigenvalue weighted by atomic mass is 16.6. The van der Waals surface area contributed by atoms with Gasteiger partial charge in [0.25, 0.3) is 5.56 Å². The van der Waals surface area contributed by atoms with E-state index in [1.54, 1.807) is 13.1 Å². The van der Waals surface area contributed by atoms with E-state index in [4.69, 9.17) is 16.3 Å². The normalized spacial score (nSPS) is 11.5. The zero-order valence-corrected chi connectivity index (χ0v) is 15.5. The van der Waals surface area contributed by atoms with Crippen LogP contribution < -0.4 is 27.7 Å². The molecule has 0 aliphatic heterocycles. The maximum absolute atomic E-state index is 12.7. The van der Waals surface area contributed by atoms with Crippen molar-refractivity contribution in [1.82, 2.24) is 19.9 Å². The number of nitrogens with two attached hydrogens (primary N) is 2. The molecule has 0 radical (unpaired) electrons. The second-order valence-electron chi connectivity index (χ2n) is 5.81. The topological polar surface area (TPSA) is 163 Å². The number of aryl methyl sites for hydroxylation is 1. The molecular formula is C17H24N8O3. The smallest absolute Gasteiger partial charge is 0.295 e. The fourth-order valence-corrected chi connectivity index (χ4v) is 2.44. The molecule has 0 amide bonds. The van der Waals surface area contributed by atoms with Crippen LogP contribution in [0.3, 0.4) is 0 Å². The molecule has 0 saturated heterocycles. The molecule has 0 saturated carbocycles. The highest BCUT2D eigenvalue weighted by Crippen LogP contribution is 2.05. The summed E-state index contributed by atoms with van der Waals surface area (Å²) in [5.41, 5.74) is 11.3. The van der Waals surface area contributed by atoms with Gasteiger partial charge in [-0.25, -0.2) is 4.98 Å². The van der Waals surface area contributed by atoms with Gasteiger partial charge in [0.1, 0.15) is 12.8 Å². The van der Waals surface area contributed by atoms with Crippen LogP contribution in [0.15, 0.2) is 40.5 Å². The molecule has 0 aliphatic carbocycles. The van der Waals surface area contributed by atoms with E-state index in [1.165, 1.54) is 10.8 Å². The van der Waals surface area contributed by atoms with Gasteiger partial charge in [0.15, 0.2) is 12.1 Å². The van der Waals surface area contributed by atoms with Crippen molar-refractivity contribution in [3.63, 3.8) is 0 Å². The van der Waals surface area contributed by atoms with Crippen molar-refractivity contribution in [2.24, 2.45) is 16.6 Å². The first-order valence-electron chi connectivity index (χ1n) is 8.64. The Morgan fingerprint density at radius 3 is 2.86 bits per heavy atom. The maximum Gasteiger partial charge on any atom is 0.295 e. The number of rotatable bonds is 11. The van der Waals surface area contributed by atoms with Gasteiger partial charge in [0.2, 0.25) is 5.96 Å². The molecule has 2 aromatic rings. The summed E-state index contributed by atoms with van der Waals surface area (Å²) in [6, 6.07) is 5.64. The van der Waals surface area contributed by atoms with Crippen molar-refractivity contribution >= 4 is 18.1 Å². The van der Waals surface area contributed by atoms with Gasteiger partial charge in [-0.15, -0.1) is 0 Å². The second kappa shape index (κ2) is 10.6. The quantitative estimate of drug-likeness (QED) is 0.125. The lowest BCUT2D eigenvalue weighted by Gasteiger charge is -2.19. The molecule has 150 valence electrons. The number of aldehydes is 1. The average molecular weight is 388 g/mol. The predicted octanol–water partition coefficient (Wildman–Crippen LogP) is -0.907. The van der Waals surface area contributed by atoms with E-state index in [1.807, 2.05) is 18.2 Å². The molecule has 0 spiro atoms. The first-order chi connectivity index (χ1) is 13.5. The van der Waals surface area contributed by atoms with Gasteiger partial charge in [-0.1, -0.05) is 6.07 Å². The standard InChI is InChI=1S/C17H24N8O3/c1-12-10-23-15(22-7-5-13-4-2-3-6-20-13)16(27)25(12)14(11-26)21-8-9-28-24-17(18)19/h2-4,6,10-11,14,21H,5,7-9H2,1H3,(H,22,23)(H4,18,19,24). The molecule has 0 bridgehead atoms. The molecule has 1 unspecified atom stereocenters. The molecule has 0 aromatic carbocycles. The van der Waals surface area contributed by atoms with Gasteiger partial charge in [-0.2, -0.15) is 0 Å². The third-order valence-corrected chi connectivity index (χ3v) is 3.71. The minimum Gasteiger partial charge on any atom is -0.392 e. The lowest BCUT2D eigenvalue weighted by atomic mass is 10.3. The number of nitrogens with zero attached hydrogens (tertiary/aromatic N) is 4. The van der Waals surface area contributed by atoms with E-state index in [0.717, 1.165) is 5.69 Å². The number of nitrogens with one attached hydrogen (secondary N) is 2. The molecule has 6 N–H and O–H groups in total. The van der Waals surface area contributed by atoms with E-state index >= 15 is 0 Å². The number of pyridine rings is 1.